The fourth-order valence-corrected chi connectivity index (χ4v) is 2.34. The van der Waals surface area contributed by atoms with E-state index in [9.17, 15) is 0 Å². The van der Waals surface area contributed by atoms with Gasteiger partial charge in [0.15, 0.2) is 0 Å². The molecule has 1 aliphatic rings. The molecular weight excluding hydrogens is 198 g/mol. The smallest absolute Gasteiger partial charge is 0.218 e. The van der Waals surface area contributed by atoms with Gasteiger partial charge in [-0.15, -0.1) is 0 Å². The van der Waals surface area contributed by atoms with Crippen LogP contribution in [-0.4, -0.2) is 30.0 Å². The van der Waals surface area contributed by atoms with Crippen molar-refractivity contribution < 1.29 is 0 Å². The first-order valence-electron chi connectivity index (χ1n) is 5.78. The molecule has 0 unspecified atom stereocenters. The lowest BCUT2D eigenvalue weighted by Gasteiger charge is -2.19. The van der Waals surface area contributed by atoms with Gasteiger partial charge in [-0.1, -0.05) is 6.07 Å². The summed E-state index contributed by atoms with van der Waals surface area (Å²) in [4.78, 5) is 10.1. The van der Waals surface area contributed by atoms with Gasteiger partial charge in [0.25, 0.3) is 0 Å². The van der Waals surface area contributed by atoms with E-state index in [0.29, 0.717) is 12.6 Å². The summed E-state index contributed by atoms with van der Waals surface area (Å²) in [6.45, 7) is 8.54. The molecule has 1 aliphatic heterocycles. The van der Waals surface area contributed by atoms with Gasteiger partial charge in [0.1, 0.15) is 0 Å². The van der Waals surface area contributed by atoms with E-state index in [4.69, 9.17) is 6.57 Å². The molecule has 1 atom stereocenters. The van der Waals surface area contributed by atoms with Crippen molar-refractivity contribution in [2.24, 2.45) is 0 Å². The SMILES string of the molecule is [C-]#[N+]CCc1cncc([C@@H]2CCCN2C)c1. The molecule has 0 aliphatic carbocycles. The highest BCUT2D eigenvalue weighted by Crippen LogP contribution is 2.30. The van der Waals surface area contributed by atoms with Crippen LogP contribution in [0, 0.1) is 6.57 Å². The quantitative estimate of drug-likeness (QED) is 0.721. The molecule has 0 N–H and O–H groups in total. The Morgan fingerprint density at radius 2 is 2.44 bits per heavy atom. The average Bonchev–Trinajstić information content (AvgIpc) is 2.73. The summed E-state index contributed by atoms with van der Waals surface area (Å²) in [5.41, 5.74) is 2.50. The zero-order chi connectivity index (χ0) is 11.4. The lowest BCUT2D eigenvalue weighted by atomic mass is 10.0. The molecule has 0 saturated carbocycles. The van der Waals surface area contributed by atoms with Gasteiger partial charge < -0.3 is 4.85 Å². The molecule has 2 rings (SSSR count). The molecule has 0 spiro atoms. The van der Waals surface area contributed by atoms with Crippen molar-refractivity contribution in [1.82, 2.24) is 9.88 Å². The van der Waals surface area contributed by atoms with Crippen LogP contribution in [0.25, 0.3) is 4.85 Å². The van der Waals surface area contributed by atoms with E-state index in [-0.39, 0.29) is 0 Å². The third-order valence-corrected chi connectivity index (χ3v) is 3.23. The molecule has 0 bridgehead atoms. The highest BCUT2D eigenvalue weighted by atomic mass is 15.1. The zero-order valence-corrected chi connectivity index (χ0v) is 9.69. The summed E-state index contributed by atoms with van der Waals surface area (Å²) < 4.78 is 0. The Morgan fingerprint density at radius 3 is 3.12 bits per heavy atom. The minimum atomic E-state index is 0.528. The van der Waals surface area contributed by atoms with Gasteiger partial charge in [0.05, 0.1) is 0 Å². The van der Waals surface area contributed by atoms with Gasteiger partial charge in [-0.05, 0) is 37.6 Å². The Balaban J connectivity index is 2.12. The van der Waals surface area contributed by atoms with Crippen LogP contribution in [0.15, 0.2) is 18.5 Å². The van der Waals surface area contributed by atoms with E-state index >= 15 is 0 Å². The molecule has 0 amide bonds. The molecule has 1 aromatic heterocycles. The lowest BCUT2D eigenvalue weighted by Crippen LogP contribution is -2.17. The minimum Gasteiger partial charge on any atom is -0.317 e. The summed E-state index contributed by atoms with van der Waals surface area (Å²) in [6, 6.07) is 2.74. The van der Waals surface area contributed by atoms with Crippen molar-refractivity contribution in [2.75, 3.05) is 20.1 Å². The van der Waals surface area contributed by atoms with Gasteiger partial charge in [-0.25, -0.2) is 6.57 Å². The Hall–Kier alpha value is -1.40. The number of rotatable bonds is 3. The highest BCUT2D eigenvalue weighted by Gasteiger charge is 2.22. The standard InChI is InChI=1S/C13H17N3/c1-14-6-5-11-8-12(10-15-9-11)13-4-3-7-16(13)2/h8-10,13H,3-7H2,2H3/t13-/m0/s1. The number of nitrogens with zero attached hydrogens (tertiary/aromatic N) is 3. The van der Waals surface area contributed by atoms with Gasteiger partial charge in [-0.3, -0.25) is 9.88 Å². The molecule has 84 valence electrons. The molecule has 2 heterocycles. The molecule has 1 fully saturated rings. The summed E-state index contributed by atoms with van der Waals surface area (Å²) in [5.74, 6) is 0. The van der Waals surface area contributed by atoms with E-state index in [1.165, 1.54) is 30.5 Å². The van der Waals surface area contributed by atoms with E-state index in [1.54, 1.807) is 0 Å². The number of hydrogen-bond acceptors (Lipinski definition) is 2. The minimum absolute atomic E-state index is 0.528. The predicted molar refractivity (Wildman–Crippen MR) is 64.0 cm³/mol. The van der Waals surface area contributed by atoms with Crippen LogP contribution in [0.3, 0.4) is 0 Å². The van der Waals surface area contributed by atoms with Gasteiger partial charge in [-0.2, -0.15) is 0 Å². The molecule has 16 heavy (non-hydrogen) atoms. The molecule has 0 radical (unpaired) electrons. The summed E-state index contributed by atoms with van der Waals surface area (Å²) in [6.07, 6.45) is 7.16. The van der Waals surface area contributed by atoms with Crippen molar-refractivity contribution in [2.45, 2.75) is 25.3 Å². The second-order valence-corrected chi connectivity index (χ2v) is 4.40. The van der Waals surface area contributed by atoms with Crippen LogP contribution in [0.5, 0.6) is 0 Å². The molecular formula is C13H17N3. The van der Waals surface area contributed by atoms with Crippen molar-refractivity contribution in [3.05, 3.63) is 41.0 Å². The Labute approximate surface area is 96.9 Å². The Morgan fingerprint density at radius 1 is 1.56 bits per heavy atom. The van der Waals surface area contributed by atoms with Gasteiger partial charge in [0.2, 0.25) is 6.54 Å². The average molecular weight is 215 g/mol. The fourth-order valence-electron chi connectivity index (χ4n) is 2.34. The van der Waals surface area contributed by atoms with Crippen molar-refractivity contribution in [1.29, 1.82) is 0 Å². The van der Waals surface area contributed by atoms with Crippen LogP contribution < -0.4 is 0 Å². The first kappa shape index (κ1) is 11.1. The molecule has 3 heteroatoms. The second-order valence-electron chi connectivity index (χ2n) is 4.40. The number of aromatic nitrogens is 1. The van der Waals surface area contributed by atoms with Gasteiger partial charge in [0, 0.05) is 24.9 Å². The zero-order valence-electron chi connectivity index (χ0n) is 9.69. The second kappa shape index (κ2) is 5.09. The summed E-state index contributed by atoms with van der Waals surface area (Å²) in [5, 5.41) is 0. The number of likely N-dealkylation sites (tertiary alicyclic amines) is 1. The normalized spacial score (nSPS) is 20.9. The van der Waals surface area contributed by atoms with Crippen LogP contribution in [0.2, 0.25) is 0 Å². The monoisotopic (exact) mass is 215 g/mol. The van der Waals surface area contributed by atoms with E-state index in [1.807, 2.05) is 12.4 Å². The van der Waals surface area contributed by atoms with Crippen LogP contribution in [0.1, 0.15) is 30.0 Å². The first-order chi connectivity index (χ1) is 7.81. The first-order valence-corrected chi connectivity index (χ1v) is 5.78. The molecule has 1 aromatic rings. The Bertz CT molecular complexity index is 394. The third-order valence-electron chi connectivity index (χ3n) is 3.23. The number of pyridine rings is 1. The van der Waals surface area contributed by atoms with E-state index in [2.05, 4.69) is 27.8 Å². The van der Waals surface area contributed by atoms with Crippen molar-refractivity contribution >= 4 is 0 Å². The van der Waals surface area contributed by atoms with Crippen molar-refractivity contribution in [3.63, 3.8) is 0 Å². The van der Waals surface area contributed by atoms with Gasteiger partial charge >= 0.3 is 0 Å². The fraction of sp³-hybridized carbons (Fsp3) is 0.538. The van der Waals surface area contributed by atoms with Crippen molar-refractivity contribution in [3.8, 4) is 0 Å². The Kier molecular flexibility index (Phi) is 3.53. The maximum absolute atomic E-state index is 6.80. The van der Waals surface area contributed by atoms with Crippen LogP contribution in [0.4, 0.5) is 0 Å². The molecule has 1 saturated heterocycles. The maximum atomic E-state index is 6.80. The lowest BCUT2D eigenvalue weighted by molar-refractivity contribution is 0.317. The third kappa shape index (κ3) is 2.40. The summed E-state index contributed by atoms with van der Waals surface area (Å²) in [7, 11) is 2.17. The number of hydrogen-bond donors (Lipinski definition) is 0. The molecule has 3 nitrogen and oxygen atoms in total. The van der Waals surface area contributed by atoms with E-state index < -0.39 is 0 Å². The predicted octanol–water partition coefficient (Wildman–Crippen LogP) is 2.31. The largest absolute Gasteiger partial charge is 0.317 e. The van der Waals surface area contributed by atoms with Crippen LogP contribution in [-0.2, 0) is 6.42 Å². The summed E-state index contributed by atoms with van der Waals surface area (Å²) >= 11 is 0. The topological polar surface area (TPSA) is 20.5 Å². The van der Waals surface area contributed by atoms with E-state index in [0.717, 1.165) is 6.42 Å². The molecule has 0 aromatic carbocycles. The maximum Gasteiger partial charge on any atom is 0.218 e. The highest BCUT2D eigenvalue weighted by molar-refractivity contribution is 5.22. The van der Waals surface area contributed by atoms with Crippen LogP contribution >= 0.6 is 0 Å².